The van der Waals surface area contributed by atoms with Crippen LogP contribution in [0, 0.1) is 5.92 Å². The van der Waals surface area contributed by atoms with Crippen LogP contribution in [-0.2, 0) is 19.1 Å². The maximum Gasteiger partial charge on any atom is 0.326 e. The summed E-state index contributed by atoms with van der Waals surface area (Å²) in [6.07, 6.45) is 2.30. The molecule has 0 spiro atoms. The number of amides is 1. The van der Waals surface area contributed by atoms with E-state index >= 15 is 0 Å². The number of carbonyl (C=O) groups is 3. The lowest BCUT2D eigenvalue weighted by Crippen LogP contribution is -2.43. The first-order chi connectivity index (χ1) is 8.51. The van der Waals surface area contributed by atoms with Crippen molar-refractivity contribution < 1.29 is 24.2 Å². The summed E-state index contributed by atoms with van der Waals surface area (Å²) in [6, 6.07) is -0.848. The highest BCUT2D eigenvalue weighted by molar-refractivity contribution is 7.98. The Hall–Kier alpha value is -1.24. The number of rotatable bonds is 6. The number of esters is 1. The molecule has 1 fully saturated rings. The normalized spacial score (nSPS) is 20.9. The van der Waals surface area contributed by atoms with E-state index in [0.29, 0.717) is 12.2 Å². The van der Waals surface area contributed by atoms with Crippen molar-refractivity contribution in [2.24, 2.45) is 5.92 Å². The van der Waals surface area contributed by atoms with Crippen LogP contribution >= 0.6 is 11.8 Å². The molecule has 1 saturated heterocycles. The first kappa shape index (κ1) is 14.8. The predicted molar refractivity (Wildman–Crippen MR) is 66.3 cm³/mol. The zero-order chi connectivity index (χ0) is 13.7. The Bertz CT molecular complexity index is 346. The van der Waals surface area contributed by atoms with Gasteiger partial charge in [0.05, 0.1) is 13.0 Å². The number of ether oxygens (including phenoxy) is 1. The van der Waals surface area contributed by atoms with Crippen LogP contribution in [0.4, 0.5) is 0 Å². The fraction of sp³-hybridized carbons (Fsp3) is 0.727. The minimum absolute atomic E-state index is 0.0374. The summed E-state index contributed by atoms with van der Waals surface area (Å²) in [5.74, 6) is -1.66. The van der Waals surface area contributed by atoms with Gasteiger partial charge < -0.3 is 14.7 Å². The van der Waals surface area contributed by atoms with Gasteiger partial charge in [0.25, 0.3) is 0 Å². The highest BCUT2D eigenvalue weighted by Gasteiger charge is 2.40. The number of carboxylic acid groups (broad SMARTS) is 1. The maximum absolute atomic E-state index is 11.8. The van der Waals surface area contributed by atoms with Gasteiger partial charge in [0, 0.05) is 13.0 Å². The highest BCUT2D eigenvalue weighted by Crippen LogP contribution is 2.23. The number of likely N-dealkylation sites (tertiary alicyclic amines) is 1. The highest BCUT2D eigenvalue weighted by atomic mass is 32.2. The van der Waals surface area contributed by atoms with Gasteiger partial charge in [-0.3, -0.25) is 9.59 Å². The van der Waals surface area contributed by atoms with E-state index in [-0.39, 0.29) is 18.9 Å². The summed E-state index contributed by atoms with van der Waals surface area (Å²) < 4.78 is 4.58. The van der Waals surface area contributed by atoms with Crippen molar-refractivity contribution in [1.82, 2.24) is 4.90 Å². The standard InChI is InChI=1S/C11H17NO5S/c1-17-11(16)7-5-9(13)12(6-7)8(10(14)15)3-4-18-2/h7-8H,3-6H2,1-2H3,(H,14,15). The molecule has 1 aliphatic heterocycles. The van der Waals surface area contributed by atoms with Gasteiger partial charge in [-0.2, -0.15) is 11.8 Å². The molecule has 2 atom stereocenters. The zero-order valence-electron chi connectivity index (χ0n) is 10.4. The lowest BCUT2D eigenvalue weighted by Gasteiger charge is -2.24. The number of thioether (sulfide) groups is 1. The first-order valence-electron chi connectivity index (χ1n) is 5.60. The lowest BCUT2D eigenvalue weighted by atomic mass is 10.1. The topological polar surface area (TPSA) is 83.9 Å². The molecule has 2 unspecified atom stereocenters. The van der Waals surface area contributed by atoms with Crippen LogP contribution in [0.25, 0.3) is 0 Å². The van der Waals surface area contributed by atoms with E-state index < -0.39 is 23.9 Å². The van der Waals surface area contributed by atoms with Gasteiger partial charge in [-0.25, -0.2) is 4.79 Å². The van der Waals surface area contributed by atoms with Gasteiger partial charge in [0.15, 0.2) is 0 Å². The van der Waals surface area contributed by atoms with Crippen LogP contribution in [0.5, 0.6) is 0 Å². The molecule has 7 heteroatoms. The molecule has 0 bridgehead atoms. The van der Waals surface area contributed by atoms with Crippen molar-refractivity contribution in [3.63, 3.8) is 0 Å². The molecule has 1 aliphatic rings. The summed E-state index contributed by atoms with van der Waals surface area (Å²) >= 11 is 1.53. The monoisotopic (exact) mass is 275 g/mol. The second kappa shape index (κ2) is 6.63. The Labute approximate surface area is 110 Å². The maximum atomic E-state index is 11.8. The van der Waals surface area contributed by atoms with Crippen LogP contribution in [0.15, 0.2) is 0 Å². The van der Waals surface area contributed by atoms with Crippen molar-refractivity contribution in [3.8, 4) is 0 Å². The van der Waals surface area contributed by atoms with E-state index in [9.17, 15) is 14.4 Å². The Morgan fingerprint density at radius 2 is 2.28 bits per heavy atom. The summed E-state index contributed by atoms with van der Waals surface area (Å²) in [7, 11) is 1.26. The Balaban J connectivity index is 2.71. The van der Waals surface area contributed by atoms with E-state index in [0.717, 1.165) is 0 Å². The molecule has 0 aromatic heterocycles. The first-order valence-corrected chi connectivity index (χ1v) is 6.99. The molecule has 0 aromatic carbocycles. The van der Waals surface area contributed by atoms with E-state index in [1.54, 1.807) is 0 Å². The van der Waals surface area contributed by atoms with Crippen LogP contribution in [-0.4, -0.2) is 59.6 Å². The van der Waals surface area contributed by atoms with Crippen LogP contribution < -0.4 is 0 Å². The number of carbonyl (C=O) groups excluding carboxylic acids is 2. The number of aliphatic carboxylic acids is 1. The molecule has 1 N–H and O–H groups in total. The Kier molecular flexibility index (Phi) is 5.46. The SMILES string of the molecule is COC(=O)C1CC(=O)N(C(CCSC)C(=O)O)C1. The summed E-state index contributed by atoms with van der Waals surface area (Å²) in [5, 5.41) is 9.14. The zero-order valence-corrected chi connectivity index (χ0v) is 11.2. The third-order valence-corrected chi connectivity index (χ3v) is 3.59. The summed E-state index contributed by atoms with van der Waals surface area (Å²) in [6.45, 7) is 0.136. The molecule has 0 radical (unpaired) electrons. The quantitative estimate of drug-likeness (QED) is 0.698. The van der Waals surface area contributed by atoms with Gasteiger partial charge in [-0.1, -0.05) is 0 Å². The number of hydrogen-bond donors (Lipinski definition) is 1. The van der Waals surface area contributed by atoms with Crippen LogP contribution in [0.3, 0.4) is 0 Å². The van der Waals surface area contributed by atoms with Gasteiger partial charge >= 0.3 is 11.9 Å². The molecule has 1 rings (SSSR count). The van der Waals surface area contributed by atoms with Crippen molar-refractivity contribution in [2.45, 2.75) is 18.9 Å². The number of carboxylic acids is 1. The molecule has 18 heavy (non-hydrogen) atoms. The molecule has 102 valence electrons. The van der Waals surface area contributed by atoms with Crippen molar-refractivity contribution in [2.75, 3.05) is 25.7 Å². The van der Waals surface area contributed by atoms with Crippen molar-refractivity contribution in [1.29, 1.82) is 0 Å². The van der Waals surface area contributed by atoms with Crippen LogP contribution in [0.2, 0.25) is 0 Å². The van der Waals surface area contributed by atoms with Crippen molar-refractivity contribution >= 4 is 29.6 Å². The second-order valence-electron chi connectivity index (χ2n) is 4.11. The largest absolute Gasteiger partial charge is 0.480 e. The second-order valence-corrected chi connectivity index (χ2v) is 5.09. The molecule has 0 saturated carbocycles. The fourth-order valence-corrected chi connectivity index (χ4v) is 2.46. The van der Waals surface area contributed by atoms with Gasteiger partial charge in [-0.05, 0) is 18.4 Å². The smallest absolute Gasteiger partial charge is 0.326 e. The number of hydrogen-bond acceptors (Lipinski definition) is 5. The molecular formula is C11H17NO5S. The third-order valence-electron chi connectivity index (χ3n) is 2.95. The van der Waals surface area contributed by atoms with E-state index in [1.807, 2.05) is 6.26 Å². The number of nitrogens with zero attached hydrogens (tertiary/aromatic N) is 1. The summed E-state index contributed by atoms with van der Waals surface area (Å²) in [4.78, 5) is 35.6. The summed E-state index contributed by atoms with van der Waals surface area (Å²) in [5.41, 5.74) is 0. The third kappa shape index (κ3) is 3.38. The lowest BCUT2D eigenvalue weighted by molar-refractivity contribution is -0.148. The van der Waals surface area contributed by atoms with Crippen molar-refractivity contribution in [3.05, 3.63) is 0 Å². The minimum Gasteiger partial charge on any atom is -0.480 e. The molecule has 1 amide bonds. The van der Waals surface area contributed by atoms with Gasteiger partial charge in [0.2, 0.25) is 5.91 Å². The molecule has 0 aliphatic carbocycles. The molecule has 0 aromatic rings. The van der Waals surface area contributed by atoms with Gasteiger partial charge in [-0.15, -0.1) is 0 Å². The average Bonchev–Trinajstić information content (AvgIpc) is 2.71. The average molecular weight is 275 g/mol. The Morgan fingerprint density at radius 1 is 1.61 bits per heavy atom. The Morgan fingerprint density at radius 3 is 2.78 bits per heavy atom. The minimum atomic E-state index is -1.03. The molecule has 1 heterocycles. The van der Waals surface area contributed by atoms with Gasteiger partial charge in [0.1, 0.15) is 6.04 Å². The van der Waals surface area contributed by atoms with E-state index in [2.05, 4.69) is 4.74 Å². The molecule has 6 nitrogen and oxygen atoms in total. The predicted octanol–water partition coefficient (Wildman–Crippen LogP) is 0.214. The fourth-order valence-electron chi connectivity index (χ4n) is 2.00. The van der Waals surface area contributed by atoms with Crippen LogP contribution in [0.1, 0.15) is 12.8 Å². The van der Waals surface area contributed by atoms with E-state index in [4.69, 9.17) is 5.11 Å². The van der Waals surface area contributed by atoms with E-state index in [1.165, 1.54) is 23.8 Å². The number of methoxy groups -OCH3 is 1. The molecular weight excluding hydrogens is 258 g/mol.